The summed E-state index contributed by atoms with van der Waals surface area (Å²) in [5, 5.41) is 21.1. The smallest absolute Gasteiger partial charge is 0.227 e. The van der Waals surface area contributed by atoms with E-state index in [1.807, 2.05) is 44.2 Å². The van der Waals surface area contributed by atoms with Crippen LogP contribution >= 0.6 is 11.8 Å². The normalized spacial score (nSPS) is 16.2. The molecule has 1 unspecified atom stereocenters. The van der Waals surface area contributed by atoms with Crippen LogP contribution in [0.4, 0.5) is 0 Å². The Morgan fingerprint density at radius 3 is 2.63 bits per heavy atom. The van der Waals surface area contributed by atoms with E-state index in [1.54, 1.807) is 18.7 Å². The summed E-state index contributed by atoms with van der Waals surface area (Å²) >= 11 is 1.79. The van der Waals surface area contributed by atoms with Crippen LogP contribution in [0, 0.1) is 6.92 Å². The number of carbonyl (C=O) groups excluding carboxylic acids is 1. The zero-order valence-electron chi connectivity index (χ0n) is 20.3. The Balaban J connectivity index is 1.62. The molecule has 0 radical (unpaired) electrons. The lowest BCUT2D eigenvalue weighted by atomic mass is 9.75. The van der Waals surface area contributed by atoms with E-state index in [2.05, 4.69) is 20.5 Å². The number of carbonyl (C=O) groups is 1. The Kier molecular flexibility index (Phi) is 7.64. The molecule has 0 saturated carbocycles. The van der Waals surface area contributed by atoms with Crippen molar-refractivity contribution in [3.8, 4) is 5.75 Å². The van der Waals surface area contributed by atoms with Gasteiger partial charge in [0.25, 0.3) is 0 Å². The highest BCUT2D eigenvalue weighted by Crippen LogP contribution is 2.44. The summed E-state index contributed by atoms with van der Waals surface area (Å²) in [5.74, 6) is 3.14. The first kappa shape index (κ1) is 25.0. The maximum absolute atomic E-state index is 13.5. The molecule has 1 atom stereocenters. The molecule has 4 rings (SSSR count). The van der Waals surface area contributed by atoms with Crippen LogP contribution in [-0.4, -0.2) is 37.7 Å². The van der Waals surface area contributed by atoms with E-state index in [9.17, 15) is 14.7 Å². The van der Waals surface area contributed by atoms with Gasteiger partial charge in [-0.3, -0.25) is 14.7 Å². The fourth-order valence-corrected chi connectivity index (χ4v) is 5.80. The molecule has 35 heavy (non-hydrogen) atoms. The molecule has 9 heteroatoms. The van der Waals surface area contributed by atoms with Crippen molar-refractivity contribution in [2.45, 2.75) is 63.8 Å². The maximum Gasteiger partial charge on any atom is 0.227 e. The van der Waals surface area contributed by atoms with Crippen molar-refractivity contribution >= 4 is 17.7 Å². The highest BCUT2D eigenvalue weighted by Gasteiger charge is 2.42. The van der Waals surface area contributed by atoms with Gasteiger partial charge in [-0.1, -0.05) is 44.2 Å². The summed E-state index contributed by atoms with van der Waals surface area (Å²) < 4.78 is 5.88. The lowest BCUT2D eigenvalue weighted by molar-refractivity contribution is -0.123. The minimum Gasteiger partial charge on any atom is -0.502 e. The number of amides is 1. The molecule has 1 aliphatic heterocycles. The Bertz CT molecular complexity index is 1220. The number of H-pyrrole nitrogens is 1. The van der Waals surface area contributed by atoms with Crippen LogP contribution in [0.1, 0.15) is 73.8 Å². The summed E-state index contributed by atoms with van der Waals surface area (Å²) in [6, 6.07) is 10.8. The zero-order chi connectivity index (χ0) is 25.0. The second-order valence-electron chi connectivity index (χ2n) is 9.51. The molecule has 8 nitrogen and oxygen atoms in total. The van der Waals surface area contributed by atoms with Crippen LogP contribution in [0.25, 0.3) is 0 Å². The summed E-state index contributed by atoms with van der Waals surface area (Å²) in [6.07, 6.45) is 1.92. The van der Waals surface area contributed by atoms with Gasteiger partial charge in [-0.05, 0) is 43.3 Å². The molecule has 1 saturated heterocycles. The largest absolute Gasteiger partial charge is 0.502 e. The van der Waals surface area contributed by atoms with Crippen LogP contribution in [-0.2, 0) is 16.6 Å². The average molecular weight is 497 g/mol. The van der Waals surface area contributed by atoms with Gasteiger partial charge in [0.15, 0.2) is 11.6 Å². The number of aromatic hydroxyl groups is 1. The van der Waals surface area contributed by atoms with Crippen molar-refractivity contribution in [1.82, 2.24) is 20.5 Å². The van der Waals surface area contributed by atoms with Crippen molar-refractivity contribution < 1.29 is 14.3 Å². The van der Waals surface area contributed by atoms with Gasteiger partial charge >= 0.3 is 0 Å². The first-order valence-electron chi connectivity index (χ1n) is 11.9. The van der Waals surface area contributed by atoms with Gasteiger partial charge in [0.1, 0.15) is 11.6 Å². The Hall–Kier alpha value is -3.07. The van der Waals surface area contributed by atoms with Gasteiger partial charge in [-0.25, -0.2) is 4.98 Å². The molecule has 3 N–H and O–H groups in total. The number of aryl methyl sites for hydroxylation is 1. The van der Waals surface area contributed by atoms with E-state index >= 15 is 0 Å². The van der Waals surface area contributed by atoms with Crippen LogP contribution in [0.15, 0.2) is 45.6 Å². The van der Waals surface area contributed by atoms with Crippen molar-refractivity contribution in [1.29, 1.82) is 0 Å². The highest BCUT2D eigenvalue weighted by atomic mass is 32.2. The monoisotopic (exact) mass is 496 g/mol. The van der Waals surface area contributed by atoms with Crippen molar-refractivity contribution in [2.75, 3.05) is 11.5 Å². The minimum absolute atomic E-state index is 0.101. The molecule has 2 aromatic heterocycles. The lowest BCUT2D eigenvalue weighted by Crippen LogP contribution is -2.40. The van der Waals surface area contributed by atoms with E-state index in [1.165, 1.54) is 6.07 Å². The number of hydrogen-bond acceptors (Lipinski definition) is 7. The molecule has 3 aromatic rings. The number of thioether (sulfide) groups is 1. The molecule has 1 aromatic carbocycles. The van der Waals surface area contributed by atoms with E-state index < -0.39 is 22.6 Å². The number of benzene rings is 1. The maximum atomic E-state index is 13.5. The van der Waals surface area contributed by atoms with E-state index in [0.29, 0.717) is 36.7 Å². The quantitative estimate of drug-likeness (QED) is 0.428. The van der Waals surface area contributed by atoms with Gasteiger partial charge in [-0.15, -0.1) is 0 Å². The topological polar surface area (TPSA) is 121 Å². The Labute approximate surface area is 208 Å². The van der Waals surface area contributed by atoms with Gasteiger partial charge in [0, 0.05) is 23.8 Å². The van der Waals surface area contributed by atoms with Crippen molar-refractivity contribution in [3.63, 3.8) is 0 Å². The third kappa shape index (κ3) is 5.78. The van der Waals surface area contributed by atoms with Crippen LogP contribution in [0.2, 0.25) is 0 Å². The molecule has 0 aliphatic carbocycles. The number of nitrogens with one attached hydrogen (secondary N) is 2. The number of hydrogen-bond donors (Lipinski definition) is 3. The third-order valence-corrected chi connectivity index (χ3v) is 7.45. The van der Waals surface area contributed by atoms with E-state index in [-0.39, 0.29) is 24.0 Å². The lowest BCUT2D eigenvalue weighted by Gasteiger charge is -2.36. The second-order valence-corrected chi connectivity index (χ2v) is 10.7. The minimum atomic E-state index is -0.744. The molecule has 3 heterocycles. The fraction of sp³-hybridized carbons (Fsp3) is 0.462. The second kappa shape index (κ2) is 10.7. The van der Waals surface area contributed by atoms with Gasteiger partial charge in [0.2, 0.25) is 17.1 Å². The molecule has 0 spiro atoms. The van der Waals surface area contributed by atoms with Gasteiger partial charge < -0.3 is 14.8 Å². The molecule has 0 bridgehead atoms. The van der Waals surface area contributed by atoms with Crippen molar-refractivity contribution in [3.05, 3.63) is 75.4 Å². The third-order valence-electron chi connectivity index (χ3n) is 6.46. The highest BCUT2D eigenvalue weighted by molar-refractivity contribution is 7.99. The van der Waals surface area contributed by atoms with E-state index in [4.69, 9.17) is 4.42 Å². The molecule has 1 amide bonds. The number of aromatic nitrogens is 3. The first-order chi connectivity index (χ1) is 16.8. The van der Waals surface area contributed by atoms with Gasteiger partial charge in [0.05, 0.1) is 6.04 Å². The molecule has 1 fully saturated rings. The summed E-state index contributed by atoms with van der Waals surface area (Å²) in [5.41, 5.74) is -0.162. The molecular weight excluding hydrogens is 464 g/mol. The summed E-state index contributed by atoms with van der Waals surface area (Å²) in [4.78, 5) is 30.5. The Morgan fingerprint density at radius 1 is 1.26 bits per heavy atom. The Morgan fingerprint density at radius 2 is 1.97 bits per heavy atom. The fourth-order valence-electron chi connectivity index (χ4n) is 4.53. The predicted octanol–water partition coefficient (Wildman–Crippen LogP) is 4.15. The van der Waals surface area contributed by atoms with E-state index in [0.717, 1.165) is 17.1 Å². The van der Waals surface area contributed by atoms with Crippen LogP contribution in [0.5, 0.6) is 5.75 Å². The number of nitrogens with zero attached hydrogens (tertiary/aromatic N) is 2. The summed E-state index contributed by atoms with van der Waals surface area (Å²) in [6.45, 7) is 5.72. The van der Waals surface area contributed by atoms with Crippen molar-refractivity contribution in [2.24, 2.45) is 0 Å². The molecule has 186 valence electrons. The van der Waals surface area contributed by atoms with Gasteiger partial charge in [-0.2, -0.15) is 16.9 Å². The standard InChI is InChI=1S/C26H32N4O4S/c1-16(2)24-28-25(30-29-24)19(14-18-7-5-4-6-8-18)27-21(32)15-26(9-11-35-12-10-26)23-22(33)20(31)13-17(3)34-23/h4-8,13,16,19,33H,9-12,14-15H2,1-3H3,(H,27,32)(H,28,29,30). The number of rotatable bonds is 8. The summed E-state index contributed by atoms with van der Waals surface area (Å²) in [7, 11) is 0. The predicted molar refractivity (Wildman–Crippen MR) is 136 cm³/mol. The average Bonchev–Trinajstić information content (AvgIpc) is 3.33. The number of aromatic amines is 1. The van der Waals surface area contributed by atoms with Crippen LogP contribution < -0.4 is 10.7 Å². The SMILES string of the molecule is Cc1cc(=O)c(O)c(C2(CC(=O)NC(Cc3ccccc3)c3nc(C(C)C)n[nH]3)CCSCC2)o1. The zero-order valence-corrected chi connectivity index (χ0v) is 21.2. The molecule has 1 aliphatic rings. The first-order valence-corrected chi connectivity index (χ1v) is 13.1. The van der Waals surface area contributed by atoms with Crippen LogP contribution in [0.3, 0.4) is 0 Å². The molecular formula is C26H32N4O4S.